The first kappa shape index (κ1) is 17.0. The van der Waals surface area contributed by atoms with Gasteiger partial charge in [0.05, 0.1) is 26.0 Å². The maximum atomic E-state index is 5.61. The summed E-state index contributed by atoms with van der Waals surface area (Å²) in [7, 11) is 1.66. The van der Waals surface area contributed by atoms with Crippen molar-refractivity contribution in [3.05, 3.63) is 29.8 Å². The molecule has 0 unspecified atom stereocenters. The molecule has 2 rings (SSSR count). The molecule has 2 N–H and O–H groups in total. The van der Waals surface area contributed by atoms with Crippen LogP contribution < -0.4 is 10.5 Å². The van der Waals surface area contributed by atoms with Crippen LogP contribution in [0.4, 0.5) is 0 Å². The SMILES string of the molecule is Br.COc1ccc(COCCC2=NN=C(N)SC2)cc1. The Balaban J connectivity index is 0.00000200. The first-order chi connectivity index (χ1) is 9.28. The number of halogens is 1. The minimum absolute atomic E-state index is 0. The summed E-state index contributed by atoms with van der Waals surface area (Å²) in [5.41, 5.74) is 7.67. The fourth-order valence-corrected chi connectivity index (χ4v) is 2.17. The van der Waals surface area contributed by atoms with E-state index in [-0.39, 0.29) is 17.0 Å². The summed E-state index contributed by atoms with van der Waals surface area (Å²) >= 11 is 1.51. The molecule has 0 saturated carbocycles. The number of nitrogens with zero attached hydrogens (tertiary/aromatic N) is 2. The number of rotatable bonds is 6. The van der Waals surface area contributed by atoms with E-state index < -0.39 is 0 Å². The number of hydrogen-bond acceptors (Lipinski definition) is 6. The van der Waals surface area contributed by atoms with Crippen LogP contribution >= 0.6 is 28.7 Å². The van der Waals surface area contributed by atoms with Gasteiger partial charge in [-0.05, 0) is 17.7 Å². The van der Waals surface area contributed by atoms with E-state index in [0.717, 1.165) is 29.2 Å². The molecule has 5 nitrogen and oxygen atoms in total. The summed E-state index contributed by atoms with van der Waals surface area (Å²) in [6.45, 7) is 1.23. The van der Waals surface area contributed by atoms with Gasteiger partial charge in [-0.15, -0.1) is 22.1 Å². The maximum Gasteiger partial charge on any atom is 0.180 e. The number of methoxy groups -OCH3 is 1. The second-order valence-corrected chi connectivity index (χ2v) is 5.04. The quantitative estimate of drug-likeness (QED) is 0.792. The number of thioether (sulfide) groups is 1. The Hall–Kier alpha value is -1.05. The van der Waals surface area contributed by atoms with Gasteiger partial charge in [0.1, 0.15) is 5.75 Å². The van der Waals surface area contributed by atoms with Gasteiger partial charge in [-0.3, -0.25) is 0 Å². The Kier molecular flexibility index (Phi) is 7.64. The van der Waals surface area contributed by atoms with Crippen LogP contribution in [0.25, 0.3) is 0 Å². The maximum absolute atomic E-state index is 5.61. The molecule has 0 aromatic heterocycles. The largest absolute Gasteiger partial charge is 0.497 e. The zero-order valence-corrected chi connectivity index (χ0v) is 13.8. The van der Waals surface area contributed by atoms with Crippen molar-refractivity contribution in [2.45, 2.75) is 13.0 Å². The molecule has 0 aliphatic carbocycles. The standard InChI is InChI=1S/C13H17N3O2S.BrH/c1-17-12-4-2-10(3-5-12)8-18-7-6-11-9-19-13(14)16-15-11;/h2-5H,6-9H2,1H3,(H2,14,16);1H. The van der Waals surface area contributed by atoms with Crippen LogP contribution in [0, 0.1) is 0 Å². The van der Waals surface area contributed by atoms with Crippen LogP contribution in [-0.2, 0) is 11.3 Å². The third kappa shape index (κ3) is 5.52. The van der Waals surface area contributed by atoms with Crippen molar-refractivity contribution in [2.75, 3.05) is 19.5 Å². The highest BCUT2D eigenvalue weighted by atomic mass is 79.9. The normalized spacial score (nSPS) is 14.1. The molecule has 1 aliphatic rings. The lowest BCUT2D eigenvalue weighted by Gasteiger charge is -2.09. The molecule has 1 aliphatic heterocycles. The van der Waals surface area contributed by atoms with Crippen molar-refractivity contribution in [3.8, 4) is 5.75 Å². The lowest BCUT2D eigenvalue weighted by Crippen LogP contribution is -2.16. The van der Waals surface area contributed by atoms with Gasteiger partial charge in [0, 0.05) is 12.2 Å². The number of nitrogens with two attached hydrogens (primary N) is 1. The summed E-state index contributed by atoms with van der Waals surface area (Å²) in [5.74, 6) is 1.66. The molecule has 0 bridgehead atoms. The lowest BCUT2D eigenvalue weighted by atomic mass is 10.2. The summed E-state index contributed by atoms with van der Waals surface area (Å²) in [5, 5.41) is 8.41. The molecule has 1 aromatic carbocycles. The molecule has 20 heavy (non-hydrogen) atoms. The molecule has 110 valence electrons. The van der Waals surface area contributed by atoms with Gasteiger partial charge in [-0.1, -0.05) is 23.9 Å². The minimum atomic E-state index is 0. The van der Waals surface area contributed by atoms with Crippen LogP contribution in [0.1, 0.15) is 12.0 Å². The highest BCUT2D eigenvalue weighted by Crippen LogP contribution is 2.13. The first-order valence-electron chi connectivity index (χ1n) is 6.00. The van der Waals surface area contributed by atoms with Crippen LogP contribution in [0.2, 0.25) is 0 Å². The van der Waals surface area contributed by atoms with E-state index in [1.807, 2.05) is 24.3 Å². The number of amidine groups is 1. The molecule has 0 radical (unpaired) electrons. The van der Waals surface area contributed by atoms with Crippen molar-refractivity contribution >= 4 is 39.6 Å². The van der Waals surface area contributed by atoms with E-state index in [9.17, 15) is 0 Å². The Morgan fingerprint density at radius 3 is 2.60 bits per heavy atom. The minimum Gasteiger partial charge on any atom is -0.497 e. The molecule has 0 spiro atoms. The van der Waals surface area contributed by atoms with Gasteiger partial charge in [0.2, 0.25) is 0 Å². The predicted molar refractivity (Wildman–Crippen MR) is 89.1 cm³/mol. The van der Waals surface area contributed by atoms with Gasteiger partial charge >= 0.3 is 0 Å². The second kappa shape index (κ2) is 8.99. The first-order valence-corrected chi connectivity index (χ1v) is 6.99. The highest BCUT2D eigenvalue weighted by Gasteiger charge is 2.07. The average molecular weight is 360 g/mol. The van der Waals surface area contributed by atoms with E-state index in [1.165, 1.54) is 11.8 Å². The topological polar surface area (TPSA) is 69.2 Å². The molecular formula is C13H18BrN3O2S. The Bertz CT molecular complexity index is 477. The van der Waals surface area contributed by atoms with Crippen molar-refractivity contribution in [2.24, 2.45) is 15.9 Å². The van der Waals surface area contributed by atoms with Crippen molar-refractivity contribution < 1.29 is 9.47 Å². The summed E-state index contributed by atoms with van der Waals surface area (Å²) in [4.78, 5) is 0. The Labute approximate surface area is 133 Å². The van der Waals surface area contributed by atoms with Crippen molar-refractivity contribution in [3.63, 3.8) is 0 Å². The highest BCUT2D eigenvalue weighted by molar-refractivity contribution is 8.93. The molecule has 7 heteroatoms. The molecule has 0 amide bonds. The summed E-state index contributed by atoms with van der Waals surface area (Å²) < 4.78 is 10.7. The van der Waals surface area contributed by atoms with Crippen LogP contribution in [0.3, 0.4) is 0 Å². The molecule has 0 saturated heterocycles. The molecular weight excluding hydrogens is 342 g/mol. The molecule has 1 heterocycles. The number of ether oxygens (including phenoxy) is 2. The van der Waals surface area contributed by atoms with E-state index in [0.29, 0.717) is 18.4 Å². The molecule has 0 atom stereocenters. The van der Waals surface area contributed by atoms with Crippen molar-refractivity contribution in [1.82, 2.24) is 0 Å². The van der Waals surface area contributed by atoms with Gasteiger partial charge in [0.15, 0.2) is 5.17 Å². The summed E-state index contributed by atoms with van der Waals surface area (Å²) in [6.07, 6.45) is 0.792. The third-order valence-corrected chi connectivity index (χ3v) is 3.49. The van der Waals surface area contributed by atoms with Gasteiger partial charge in [0.25, 0.3) is 0 Å². The zero-order chi connectivity index (χ0) is 13.5. The Morgan fingerprint density at radius 2 is 2.00 bits per heavy atom. The van der Waals surface area contributed by atoms with E-state index >= 15 is 0 Å². The fraction of sp³-hybridized carbons (Fsp3) is 0.385. The fourth-order valence-electron chi connectivity index (χ4n) is 1.56. The zero-order valence-electron chi connectivity index (χ0n) is 11.2. The van der Waals surface area contributed by atoms with Crippen molar-refractivity contribution in [1.29, 1.82) is 0 Å². The Morgan fingerprint density at radius 1 is 1.25 bits per heavy atom. The van der Waals surface area contributed by atoms with Crippen LogP contribution in [-0.4, -0.2) is 30.3 Å². The summed E-state index contributed by atoms with van der Waals surface area (Å²) in [6, 6.07) is 7.85. The van der Waals surface area contributed by atoms with Gasteiger partial charge in [-0.2, -0.15) is 5.10 Å². The van der Waals surface area contributed by atoms with E-state index in [1.54, 1.807) is 7.11 Å². The molecule has 0 fully saturated rings. The second-order valence-electron chi connectivity index (χ2n) is 4.04. The average Bonchev–Trinajstić information content (AvgIpc) is 2.46. The molecule has 1 aromatic rings. The lowest BCUT2D eigenvalue weighted by molar-refractivity contribution is 0.127. The smallest absolute Gasteiger partial charge is 0.180 e. The van der Waals surface area contributed by atoms with E-state index in [2.05, 4.69) is 10.2 Å². The number of benzene rings is 1. The van der Waals surface area contributed by atoms with E-state index in [4.69, 9.17) is 15.2 Å². The predicted octanol–water partition coefficient (Wildman–Crippen LogP) is 2.60. The van der Waals surface area contributed by atoms with Crippen LogP contribution in [0.5, 0.6) is 5.75 Å². The van der Waals surface area contributed by atoms with Crippen LogP contribution in [0.15, 0.2) is 34.5 Å². The van der Waals surface area contributed by atoms with Gasteiger partial charge in [-0.25, -0.2) is 0 Å². The number of hydrogen-bond donors (Lipinski definition) is 1. The monoisotopic (exact) mass is 359 g/mol. The van der Waals surface area contributed by atoms with Gasteiger partial charge < -0.3 is 15.2 Å². The third-order valence-electron chi connectivity index (χ3n) is 2.64.